The molecule has 1 fully saturated rings. The van der Waals surface area contributed by atoms with Gasteiger partial charge in [0.2, 0.25) is 0 Å². The maximum Gasteiger partial charge on any atom is 0.416 e. The van der Waals surface area contributed by atoms with Gasteiger partial charge in [0.05, 0.1) is 29.6 Å². The molecule has 1 aromatic heterocycles. The number of nitrogens with zero attached hydrogens (tertiary/aromatic N) is 3. The van der Waals surface area contributed by atoms with Crippen LogP contribution in [-0.4, -0.2) is 48.7 Å². The van der Waals surface area contributed by atoms with Gasteiger partial charge in [0.15, 0.2) is 0 Å². The minimum absolute atomic E-state index is 0.125. The van der Waals surface area contributed by atoms with Gasteiger partial charge in [-0.15, -0.1) is 0 Å². The third-order valence-electron chi connectivity index (χ3n) is 7.05. The molecule has 202 valence electrons. The van der Waals surface area contributed by atoms with Gasteiger partial charge in [-0.3, -0.25) is 4.79 Å². The molecule has 5 rings (SSSR count). The van der Waals surface area contributed by atoms with Gasteiger partial charge >= 0.3 is 6.18 Å². The lowest BCUT2D eigenvalue weighted by Gasteiger charge is -2.36. The van der Waals surface area contributed by atoms with E-state index in [0.29, 0.717) is 48.2 Å². The second-order valence-corrected chi connectivity index (χ2v) is 9.81. The first kappa shape index (κ1) is 26.7. The number of carbonyl (C=O) groups is 1. The zero-order valence-corrected chi connectivity index (χ0v) is 22.3. The number of rotatable bonds is 5. The van der Waals surface area contributed by atoms with E-state index in [2.05, 4.69) is 0 Å². The lowest BCUT2D eigenvalue weighted by Crippen LogP contribution is -2.49. The van der Waals surface area contributed by atoms with Gasteiger partial charge in [-0.05, 0) is 61.0 Å². The maximum absolute atomic E-state index is 13.8. The average Bonchev–Trinajstić information content (AvgIpc) is 3.29. The van der Waals surface area contributed by atoms with Gasteiger partial charge in [-0.2, -0.15) is 13.2 Å². The van der Waals surface area contributed by atoms with Crippen molar-refractivity contribution < 1.29 is 22.7 Å². The Kier molecular flexibility index (Phi) is 7.32. The lowest BCUT2D eigenvalue weighted by atomic mass is 10.1. The molecular weight excluding hydrogens is 527 g/mol. The molecule has 2 heterocycles. The number of amides is 1. The number of benzene rings is 3. The third-order valence-corrected chi connectivity index (χ3v) is 7.30. The van der Waals surface area contributed by atoms with Crippen LogP contribution in [0.2, 0.25) is 5.02 Å². The van der Waals surface area contributed by atoms with E-state index in [1.807, 2.05) is 58.9 Å². The molecule has 0 spiro atoms. The Hall–Kier alpha value is -3.91. The van der Waals surface area contributed by atoms with Crippen LogP contribution < -0.4 is 9.64 Å². The normalized spacial score (nSPS) is 14.0. The minimum Gasteiger partial charge on any atom is -0.495 e. The molecule has 5 nitrogen and oxygen atoms in total. The van der Waals surface area contributed by atoms with Crippen molar-refractivity contribution in [2.45, 2.75) is 13.1 Å². The van der Waals surface area contributed by atoms with Crippen LogP contribution in [0.3, 0.4) is 0 Å². The first-order chi connectivity index (χ1) is 18.7. The van der Waals surface area contributed by atoms with Gasteiger partial charge < -0.3 is 19.1 Å². The van der Waals surface area contributed by atoms with Crippen LogP contribution in [0.1, 0.15) is 21.6 Å². The molecule has 0 N–H and O–H groups in total. The van der Waals surface area contributed by atoms with E-state index in [9.17, 15) is 18.0 Å². The van der Waals surface area contributed by atoms with E-state index in [0.717, 1.165) is 34.8 Å². The summed E-state index contributed by atoms with van der Waals surface area (Å²) in [6.45, 7) is 3.56. The smallest absolute Gasteiger partial charge is 0.416 e. The molecule has 1 saturated heterocycles. The number of hydrogen-bond donors (Lipinski definition) is 0. The summed E-state index contributed by atoms with van der Waals surface area (Å²) in [5.41, 5.74) is 3.65. The van der Waals surface area contributed by atoms with E-state index in [4.69, 9.17) is 16.3 Å². The first-order valence-electron chi connectivity index (χ1n) is 12.5. The molecular formula is C30H27ClF3N3O2. The van der Waals surface area contributed by atoms with Crippen molar-refractivity contribution in [2.75, 3.05) is 38.2 Å². The third kappa shape index (κ3) is 5.34. The molecule has 0 atom stereocenters. The van der Waals surface area contributed by atoms with E-state index in [1.54, 1.807) is 30.2 Å². The number of para-hydroxylation sites is 2. The van der Waals surface area contributed by atoms with Crippen molar-refractivity contribution in [3.63, 3.8) is 0 Å². The largest absolute Gasteiger partial charge is 0.495 e. The molecule has 0 bridgehead atoms. The Balaban J connectivity index is 1.44. The van der Waals surface area contributed by atoms with Crippen molar-refractivity contribution in [1.82, 2.24) is 9.47 Å². The summed E-state index contributed by atoms with van der Waals surface area (Å²) in [6, 6.07) is 22.2. The second-order valence-electron chi connectivity index (χ2n) is 9.37. The maximum atomic E-state index is 13.8. The predicted molar refractivity (Wildman–Crippen MR) is 147 cm³/mol. The van der Waals surface area contributed by atoms with Crippen LogP contribution in [0.4, 0.5) is 18.9 Å². The van der Waals surface area contributed by atoms with Crippen molar-refractivity contribution in [3.05, 3.63) is 101 Å². The highest BCUT2D eigenvalue weighted by atomic mass is 35.5. The van der Waals surface area contributed by atoms with Crippen LogP contribution >= 0.6 is 11.6 Å². The molecule has 4 aromatic rings. The number of carbonyl (C=O) groups excluding carboxylic acids is 1. The first-order valence-corrected chi connectivity index (χ1v) is 12.9. The van der Waals surface area contributed by atoms with Gasteiger partial charge in [-0.1, -0.05) is 41.9 Å². The van der Waals surface area contributed by atoms with Crippen LogP contribution in [0.25, 0.3) is 16.9 Å². The van der Waals surface area contributed by atoms with Crippen molar-refractivity contribution in [3.8, 4) is 22.7 Å². The van der Waals surface area contributed by atoms with Gasteiger partial charge in [0, 0.05) is 42.6 Å². The molecule has 1 amide bonds. The monoisotopic (exact) mass is 553 g/mol. The Morgan fingerprint density at radius 3 is 2.26 bits per heavy atom. The minimum atomic E-state index is -4.40. The second kappa shape index (κ2) is 10.7. The number of hydrogen-bond acceptors (Lipinski definition) is 3. The molecule has 39 heavy (non-hydrogen) atoms. The molecule has 0 aliphatic carbocycles. The predicted octanol–water partition coefficient (Wildman–Crippen LogP) is 7.10. The lowest BCUT2D eigenvalue weighted by molar-refractivity contribution is -0.137. The van der Waals surface area contributed by atoms with Crippen LogP contribution in [0.5, 0.6) is 5.75 Å². The van der Waals surface area contributed by atoms with Crippen LogP contribution in [0.15, 0.2) is 78.9 Å². The Morgan fingerprint density at radius 1 is 0.897 bits per heavy atom. The fourth-order valence-electron chi connectivity index (χ4n) is 5.00. The summed E-state index contributed by atoms with van der Waals surface area (Å²) in [5.74, 6) is 0.542. The van der Waals surface area contributed by atoms with Gasteiger partial charge in [0.25, 0.3) is 5.91 Å². The fraction of sp³-hybridized carbons (Fsp3) is 0.233. The highest BCUT2D eigenvalue weighted by Crippen LogP contribution is 2.35. The number of piperazine rings is 1. The quantitative estimate of drug-likeness (QED) is 0.265. The van der Waals surface area contributed by atoms with E-state index in [-0.39, 0.29) is 5.91 Å². The molecule has 0 saturated carbocycles. The summed E-state index contributed by atoms with van der Waals surface area (Å²) in [6.07, 6.45) is -4.40. The number of methoxy groups -OCH3 is 1. The summed E-state index contributed by atoms with van der Waals surface area (Å²) in [7, 11) is 1.61. The van der Waals surface area contributed by atoms with E-state index in [1.165, 1.54) is 6.07 Å². The zero-order valence-electron chi connectivity index (χ0n) is 21.5. The van der Waals surface area contributed by atoms with Gasteiger partial charge in [0.1, 0.15) is 5.75 Å². The number of anilines is 1. The highest BCUT2D eigenvalue weighted by molar-refractivity contribution is 6.30. The molecule has 0 unspecified atom stereocenters. The summed E-state index contributed by atoms with van der Waals surface area (Å²) in [5, 5.41) is 0.612. The molecule has 9 heteroatoms. The van der Waals surface area contributed by atoms with Crippen molar-refractivity contribution in [2.24, 2.45) is 0 Å². The Morgan fingerprint density at radius 2 is 1.59 bits per heavy atom. The van der Waals surface area contributed by atoms with Crippen LogP contribution in [-0.2, 0) is 6.18 Å². The summed E-state index contributed by atoms with van der Waals surface area (Å²) >= 11 is 6.13. The summed E-state index contributed by atoms with van der Waals surface area (Å²) < 4.78 is 47.2. The van der Waals surface area contributed by atoms with Crippen LogP contribution in [0, 0.1) is 6.92 Å². The topological polar surface area (TPSA) is 37.7 Å². The van der Waals surface area contributed by atoms with E-state index < -0.39 is 11.7 Å². The number of alkyl halides is 3. The van der Waals surface area contributed by atoms with Crippen molar-refractivity contribution >= 4 is 23.2 Å². The molecule has 1 aliphatic heterocycles. The average molecular weight is 554 g/mol. The fourth-order valence-corrected chi connectivity index (χ4v) is 5.12. The molecule has 0 radical (unpaired) electrons. The van der Waals surface area contributed by atoms with E-state index >= 15 is 0 Å². The number of halogens is 4. The molecule has 3 aromatic carbocycles. The number of aromatic nitrogens is 1. The molecule has 1 aliphatic rings. The van der Waals surface area contributed by atoms with Gasteiger partial charge in [-0.25, -0.2) is 0 Å². The SMILES string of the molecule is COc1ccccc1-n1c(-c2ccc(Cl)cc2)cc(C(=O)N2CCN(c3cccc(C(F)(F)F)c3)CC2)c1C. The Labute approximate surface area is 230 Å². The van der Waals surface area contributed by atoms with Crippen molar-refractivity contribution in [1.29, 1.82) is 0 Å². The highest BCUT2D eigenvalue weighted by Gasteiger charge is 2.32. The standard InChI is InChI=1S/C30H27ClF3N3O2/c1-20-25(29(38)36-16-14-35(15-17-36)24-7-5-6-22(18-24)30(32,33)34)19-27(21-10-12-23(31)13-11-21)37(20)26-8-3-4-9-28(26)39-2/h3-13,18-19H,14-17H2,1-2H3. The number of ether oxygens (including phenoxy) is 1. The summed E-state index contributed by atoms with van der Waals surface area (Å²) in [4.78, 5) is 17.4. The zero-order chi connectivity index (χ0) is 27.7. The Bertz CT molecular complexity index is 1490.